The third-order valence-electron chi connectivity index (χ3n) is 2.46. The summed E-state index contributed by atoms with van der Waals surface area (Å²) in [5, 5.41) is 0. The van der Waals surface area contributed by atoms with Crippen molar-refractivity contribution < 1.29 is 0 Å². The van der Waals surface area contributed by atoms with Crippen LogP contribution < -0.4 is 0 Å². The van der Waals surface area contributed by atoms with Crippen molar-refractivity contribution in [3.05, 3.63) is 66.6 Å². The van der Waals surface area contributed by atoms with E-state index in [2.05, 4.69) is 61.9 Å². The molecule has 0 unspecified atom stereocenters. The van der Waals surface area contributed by atoms with Crippen LogP contribution in [-0.2, 0) is 0 Å². The van der Waals surface area contributed by atoms with E-state index in [1.54, 1.807) is 0 Å². The van der Waals surface area contributed by atoms with Gasteiger partial charge in [0.15, 0.2) is 0 Å². The molecule has 0 nitrogen and oxygen atoms in total. The van der Waals surface area contributed by atoms with E-state index in [0.717, 1.165) is 6.42 Å². The Bertz CT molecular complexity index is 398. The van der Waals surface area contributed by atoms with Crippen molar-refractivity contribution >= 4 is 0 Å². The predicted octanol–water partition coefficient (Wildman–Crippen LogP) is 4.32. The molecular weight excluding hydrogens is 180 g/mol. The minimum Gasteiger partial charge on any atom is -0.0648 e. The van der Waals surface area contributed by atoms with E-state index in [1.165, 1.54) is 16.7 Å². The highest BCUT2D eigenvalue weighted by atomic mass is 14.0. The van der Waals surface area contributed by atoms with Crippen LogP contribution in [0.1, 0.15) is 18.9 Å². The first kappa shape index (κ1) is 9.97. The van der Waals surface area contributed by atoms with Gasteiger partial charge in [-0.3, -0.25) is 0 Å². The fourth-order valence-corrected chi connectivity index (χ4v) is 1.68. The summed E-state index contributed by atoms with van der Waals surface area (Å²) in [5.74, 6) is 0. The van der Waals surface area contributed by atoms with Crippen molar-refractivity contribution in [3.8, 4) is 11.1 Å². The van der Waals surface area contributed by atoms with Crippen molar-refractivity contribution in [2.45, 2.75) is 13.3 Å². The van der Waals surface area contributed by atoms with E-state index < -0.39 is 0 Å². The highest BCUT2D eigenvalue weighted by Crippen LogP contribution is 2.19. The van der Waals surface area contributed by atoms with Gasteiger partial charge in [0.05, 0.1) is 0 Å². The summed E-state index contributed by atoms with van der Waals surface area (Å²) in [4.78, 5) is 0. The van der Waals surface area contributed by atoms with Crippen LogP contribution >= 0.6 is 0 Å². The van der Waals surface area contributed by atoms with E-state index in [1.807, 2.05) is 6.07 Å². The molecule has 1 radical (unpaired) electrons. The lowest BCUT2D eigenvalue weighted by molar-refractivity contribution is 1.12. The summed E-state index contributed by atoms with van der Waals surface area (Å²) in [6, 6.07) is 19.2. The average Bonchev–Trinajstić information content (AvgIpc) is 2.32. The third kappa shape index (κ3) is 2.47. The maximum atomic E-state index is 2.23. The zero-order valence-corrected chi connectivity index (χ0v) is 8.98. The van der Waals surface area contributed by atoms with Gasteiger partial charge in [0.25, 0.3) is 0 Å². The minimum atomic E-state index is 1.09. The molecule has 0 aromatic heterocycles. The lowest BCUT2D eigenvalue weighted by Gasteiger charge is -2.03. The molecule has 0 spiro atoms. The van der Waals surface area contributed by atoms with Gasteiger partial charge in [0.1, 0.15) is 0 Å². The Morgan fingerprint density at radius 2 is 1.40 bits per heavy atom. The van der Waals surface area contributed by atoms with Gasteiger partial charge in [0.2, 0.25) is 0 Å². The lowest BCUT2D eigenvalue weighted by Crippen LogP contribution is -1.81. The van der Waals surface area contributed by atoms with Gasteiger partial charge < -0.3 is 0 Å². The predicted molar refractivity (Wildman–Crippen MR) is 65.6 cm³/mol. The number of benzene rings is 2. The third-order valence-corrected chi connectivity index (χ3v) is 2.46. The van der Waals surface area contributed by atoms with Gasteiger partial charge >= 0.3 is 0 Å². The van der Waals surface area contributed by atoms with Crippen LogP contribution in [0.3, 0.4) is 0 Å². The van der Waals surface area contributed by atoms with E-state index in [0.29, 0.717) is 0 Å². The van der Waals surface area contributed by atoms with Crippen LogP contribution in [0.15, 0.2) is 54.6 Å². The fraction of sp³-hybridized carbons (Fsp3) is 0.133. The summed E-state index contributed by atoms with van der Waals surface area (Å²) >= 11 is 0. The Morgan fingerprint density at radius 3 is 2.00 bits per heavy atom. The SMILES string of the molecule is CC[CH]c1ccc(-c2ccccc2)cc1. The van der Waals surface area contributed by atoms with Gasteiger partial charge in [-0.15, -0.1) is 0 Å². The molecule has 2 rings (SSSR count). The first-order valence-electron chi connectivity index (χ1n) is 5.39. The Labute approximate surface area is 91.6 Å². The first-order valence-corrected chi connectivity index (χ1v) is 5.39. The maximum absolute atomic E-state index is 2.23. The molecule has 15 heavy (non-hydrogen) atoms. The second kappa shape index (κ2) is 4.79. The van der Waals surface area contributed by atoms with Gasteiger partial charge in [-0.2, -0.15) is 0 Å². The summed E-state index contributed by atoms with van der Waals surface area (Å²) < 4.78 is 0. The largest absolute Gasteiger partial charge is 0.0648 e. The van der Waals surface area contributed by atoms with E-state index >= 15 is 0 Å². The zero-order chi connectivity index (χ0) is 10.5. The molecule has 0 atom stereocenters. The minimum absolute atomic E-state index is 1.09. The quantitative estimate of drug-likeness (QED) is 0.684. The number of hydrogen-bond acceptors (Lipinski definition) is 0. The van der Waals surface area contributed by atoms with Crippen LogP contribution in [0.2, 0.25) is 0 Å². The molecule has 0 N–H and O–H groups in total. The Hall–Kier alpha value is -1.56. The summed E-state index contributed by atoms with van der Waals surface area (Å²) in [7, 11) is 0. The Balaban J connectivity index is 2.24. The summed E-state index contributed by atoms with van der Waals surface area (Å²) in [6.07, 6.45) is 3.32. The normalized spacial score (nSPS) is 10.2. The Morgan fingerprint density at radius 1 is 0.800 bits per heavy atom. The summed E-state index contributed by atoms with van der Waals surface area (Å²) in [5.41, 5.74) is 3.86. The molecule has 75 valence electrons. The molecule has 0 heteroatoms. The monoisotopic (exact) mass is 195 g/mol. The number of rotatable bonds is 3. The molecule has 2 aromatic rings. The second-order valence-corrected chi connectivity index (χ2v) is 3.60. The van der Waals surface area contributed by atoms with Gasteiger partial charge in [-0.25, -0.2) is 0 Å². The standard InChI is InChI=1S/C15H15/c1-2-6-13-9-11-15(12-10-13)14-7-4-3-5-8-14/h3-12H,2H2,1H3. The van der Waals surface area contributed by atoms with Crippen molar-refractivity contribution in [3.63, 3.8) is 0 Å². The molecule has 0 aliphatic heterocycles. The average molecular weight is 195 g/mol. The Kier molecular flexibility index (Phi) is 3.18. The molecule has 2 aromatic carbocycles. The van der Waals surface area contributed by atoms with Crippen molar-refractivity contribution in [2.24, 2.45) is 0 Å². The lowest BCUT2D eigenvalue weighted by atomic mass is 10.0. The molecule has 0 fully saturated rings. The van der Waals surface area contributed by atoms with E-state index in [9.17, 15) is 0 Å². The molecule has 0 heterocycles. The van der Waals surface area contributed by atoms with Gasteiger partial charge in [-0.1, -0.05) is 61.5 Å². The first-order chi connectivity index (χ1) is 7.40. The van der Waals surface area contributed by atoms with Crippen molar-refractivity contribution in [1.82, 2.24) is 0 Å². The van der Waals surface area contributed by atoms with Crippen molar-refractivity contribution in [2.75, 3.05) is 0 Å². The van der Waals surface area contributed by atoms with Gasteiger partial charge in [-0.05, 0) is 29.5 Å². The maximum Gasteiger partial charge on any atom is -0.00958 e. The van der Waals surface area contributed by atoms with Gasteiger partial charge in [0, 0.05) is 0 Å². The van der Waals surface area contributed by atoms with Crippen LogP contribution in [0.4, 0.5) is 0 Å². The van der Waals surface area contributed by atoms with Crippen LogP contribution in [-0.4, -0.2) is 0 Å². The molecule has 0 amide bonds. The van der Waals surface area contributed by atoms with Crippen LogP contribution in [0, 0.1) is 6.42 Å². The molecule has 0 bridgehead atoms. The van der Waals surface area contributed by atoms with Crippen LogP contribution in [0.25, 0.3) is 11.1 Å². The van der Waals surface area contributed by atoms with Crippen molar-refractivity contribution in [1.29, 1.82) is 0 Å². The summed E-state index contributed by atoms with van der Waals surface area (Å²) in [6.45, 7) is 2.16. The van der Waals surface area contributed by atoms with Crippen LogP contribution in [0.5, 0.6) is 0 Å². The molecule has 0 aliphatic rings. The molecular formula is C15H15. The second-order valence-electron chi connectivity index (χ2n) is 3.60. The molecule has 0 aliphatic carbocycles. The molecule has 0 saturated heterocycles. The van der Waals surface area contributed by atoms with E-state index in [-0.39, 0.29) is 0 Å². The topological polar surface area (TPSA) is 0 Å². The molecule has 0 saturated carbocycles. The smallest absolute Gasteiger partial charge is 0.00958 e. The van der Waals surface area contributed by atoms with E-state index in [4.69, 9.17) is 0 Å². The zero-order valence-electron chi connectivity index (χ0n) is 8.98. The highest BCUT2D eigenvalue weighted by Gasteiger charge is 1.96. The fourth-order valence-electron chi connectivity index (χ4n) is 1.68. The number of hydrogen-bond donors (Lipinski definition) is 0. The highest BCUT2D eigenvalue weighted by molar-refractivity contribution is 5.63.